The Hall–Kier alpha value is -1.16. The number of nitrogens with one attached hydrogen (secondary N) is 1. The zero-order valence-corrected chi connectivity index (χ0v) is 9.83. The van der Waals surface area contributed by atoms with Crippen molar-refractivity contribution in [1.82, 2.24) is 9.97 Å². The first-order valence-corrected chi connectivity index (χ1v) is 5.95. The van der Waals surface area contributed by atoms with Crippen LogP contribution in [0.3, 0.4) is 0 Å². The van der Waals surface area contributed by atoms with E-state index in [-0.39, 0.29) is 0 Å². The summed E-state index contributed by atoms with van der Waals surface area (Å²) < 4.78 is 0. The van der Waals surface area contributed by atoms with Gasteiger partial charge in [0, 0.05) is 23.6 Å². The van der Waals surface area contributed by atoms with Crippen LogP contribution in [0.15, 0.2) is 6.07 Å². The van der Waals surface area contributed by atoms with Gasteiger partial charge in [-0.1, -0.05) is 13.8 Å². The first kappa shape index (κ1) is 10.0. The fourth-order valence-electron chi connectivity index (χ4n) is 2.21. The van der Waals surface area contributed by atoms with Gasteiger partial charge in [0.15, 0.2) is 0 Å². The molecule has 3 N–H and O–H groups in total. The van der Waals surface area contributed by atoms with E-state index < -0.39 is 0 Å². The number of aromatic nitrogens is 2. The topological polar surface area (TPSA) is 63.8 Å². The second kappa shape index (κ2) is 3.17. The molecule has 0 spiro atoms. The Labute approximate surface area is 95.6 Å². The zero-order chi connectivity index (χ0) is 11.3. The van der Waals surface area contributed by atoms with Crippen LogP contribution in [0.25, 0.3) is 0 Å². The molecule has 86 valence electrons. The maximum Gasteiger partial charge on any atom is 0.143 e. The third-order valence-electron chi connectivity index (χ3n) is 3.73. The third kappa shape index (κ3) is 1.67. The second-order valence-corrected chi connectivity index (χ2v) is 5.70. The van der Waals surface area contributed by atoms with Gasteiger partial charge in [-0.2, -0.15) is 0 Å². The quantitative estimate of drug-likeness (QED) is 0.602. The highest BCUT2D eigenvalue weighted by Crippen LogP contribution is 2.57. The molecule has 1 aromatic heterocycles. The van der Waals surface area contributed by atoms with Gasteiger partial charge in [0.2, 0.25) is 0 Å². The number of nitrogen functional groups attached to an aromatic ring is 1. The van der Waals surface area contributed by atoms with E-state index in [0.717, 1.165) is 11.6 Å². The van der Waals surface area contributed by atoms with Crippen LogP contribution in [0.5, 0.6) is 0 Å². The van der Waals surface area contributed by atoms with Crippen LogP contribution in [0.4, 0.5) is 5.82 Å². The first-order valence-electron chi connectivity index (χ1n) is 5.95. The Bertz CT molecular complexity index is 423. The predicted molar refractivity (Wildman–Crippen MR) is 63.0 cm³/mol. The molecule has 2 aliphatic rings. The average molecular weight is 218 g/mol. The van der Waals surface area contributed by atoms with E-state index in [1.54, 1.807) is 0 Å². The van der Waals surface area contributed by atoms with E-state index in [2.05, 4.69) is 24.3 Å². The van der Waals surface area contributed by atoms with Gasteiger partial charge in [-0.3, -0.25) is 0 Å². The maximum atomic E-state index is 5.46. The predicted octanol–water partition coefficient (Wildman–Crippen LogP) is 2.15. The summed E-state index contributed by atoms with van der Waals surface area (Å²) in [4.78, 5) is 9.17. The van der Waals surface area contributed by atoms with Gasteiger partial charge < -0.3 is 5.43 Å². The highest BCUT2D eigenvalue weighted by atomic mass is 15.3. The summed E-state index contributed by atoms with van der Waals surface area (Å²) in [6.45, 7) is 4.53. The molecule has 1 unspecified atom stereocenters. The van der Waals surface area contributed by atoms with E-state index in [4.69, 9.17) is 10.8 Å². The number of anilines is 1. The van der Waals surface area contributed by atoms with Crippen molar-refractivity contribution >= 4 is 5.82 Å². The fourth-order valence-corrected chi connectivity index (χ4v) is 2.21. The lowest BCUT2D eigenvalue weighted by atomic mass is 10.1. The molecule has 4 heteroatoms. The Morgan fingerprint density at radius 2 is 2.06 bits per heavy atom. The van der Waals surface area contributed by atoms with Crippen molar-refractivity contribution in [2.24, 2.45) is 11.3 Å². The number of nitrogens with zero attached hydrogens (tertiary/aromatic N) is 2. The van der Waals surface area contributed by atoms with Crippen molar-refractivity contribution in [2.75, 3.05) is 5.43 Å². The van der Waals surface area contributed by atoms with Crippen LogP contribution < -0.4 is 11.3 Å². The molecule has 2 aliphatic carbocycles. The standard InChI is InChI=1S/C12H18N4/c1-12(2)6-8(12)11-14-9(7-3-4-7)5-10(15-11)16-13/h5,7-8H,3-4,6,13H2,1-2H3,(H,14,15,16). The minimum atomic E-state index is 0.369. The molecular formula is C12H18N4. The van der Waals surface area contributed by atoms with Crippen LogP contribution >= 0.6 is 0 Å². The molecule has 0 aromatic carbocycles. The van der Waals surface area contributed by atoms with Gasteiger partial charge in [-0.25, -0.2) is 15.8 Å². The fraction of sp³-hybridized carbons (Fsp3) is 0.667. The van der Waals surface area contributed by atoms with Gasteiger partial charge in [0.05, 0.1) is 0 Å². The van der Waals surface area contributed by atoms with E-state index in [9.17, 15) is 0 Å². The van der Waals surface area contributed by atoms with Crippen molar-refractivity contribution in [2.45, 2.75) is 44.9 Å². The summed E-state index contributed by atoms with van der Waals surface area (Å²) in [5, 5.41) is 0. The average Bonchev–Trinajstić information content (AvgIpc) is 3.13. The van der Waals surface area contributed by atoms with Gasteiger partial charge in [-0.15, -0.1) is 0 Å². The molecular weight excluding hydrogens is 200 g/mol. The summed E-state index contributed by atoms with van der Waals surface area (Å²) in [5.74, 6) is 8.35. The largest absolute Gasteiger partial charge is 0.308 e. The molecule has 2 fully saturated rings. The summed E-state index contributed by atoms with van der Waals surface area (Å²) in [6, 6.07) is 1.98. The van der Waals surface area contributed by atoms with Crippen molar-refractivity contribution in [3.05, 3.63) is 17.6 Å². The minimum Gasteiger partial charge on any atom is -0.308 e. The molecule has 1 atom stereocenters. The molecule has 1 aromatic rings. The summed E-state index contributed by atoms with van der Waals surface area (Å²) in [6.07, 6.45) is 3.70. The molecule has 16 heavy (non-hydrogen) atoms. The van der Waals surface area contributed by atoms with Crippen molar-refractivity contribution in [3.63, 3.8) is 0 Å². The molecule has 0 amide bonds. The van der Waals surface area contributed by atoms with Gasteiger partial charge in [-0.05, 0) is 24.7 Å². The minimum absolute atomic E-state index is 0.369. The molecule has 0 radical (unpaired) electrons. The van der Waals surface area contributed by atoms with Gasteiger partial charge in [0.25, 0.3) is 0 Å². The van der Waals surface area contributed by atoms with E-state index in [1.165, 1.54) is 25.0 Å². The van der Waals surface area contributed by atoms with Crippen LogP contribution in [-0.2, 0) is 0 Å². The molecule has 0 aliphatic heterocycles. The van der Waals surface area contributed by atoms with E-state index in [1.807, 2.05) is 6.07 Å². The van der Waals surface area contributed by atoms with Gasteiger partial charge >= 0.3 is 0 Å². The summed E-state index contributed by atoms with van der Waals surface area (Å²) in [7, 11) is 0. The van der Waals surface area contributed by atoms with E-state index in [0.29, 0.717) is 17.3 Å². The Kier molecular flexibility index (Phi) is 1.98. The van der Waals surface area contributed by atoms with Crippen molar-refractivity contribution < 1.29 is 0 Å². The highest BCUT2D eigenvalue weighted by Gasteiger charge is 2.49. The normalized spacial score (nSPS) is 26.6. The molecule has 4 nitrogen and oxygen atoms in total. The lowest BCUT2D eigenvalue weighted by molar-refractivity contribution is 0.607. The Morgan fingerprint density at radius 3 is 2.56 bits per heavy atom. The van der Waals surface area contributed by atoms with Crippen LogP contribution in [0.2, 0.25) is 0 Å². The van der Waals surface area contributed by atoms with Crippen LogP contribution in [-0.4, -0.2) is 9.97 Å². The molecule has 1 heterocycles. The molecule has 3 rings (SSSR count). The Morgan fingerprint density at radius 1 is 1.38 bits per heavy atom. The number of hydrogen-bond donors (Lipinski definition) is 2. The third-order valence-corrected chi connectivity index (χ3v) is 3.73. The van der Waals surface area contributed by atoms with Crippen molar-refractivity contribution in [1.29, 1.82) is 0 Å². The highest BCUT2D eigenvalue weighted by molar-refractivity contribution is 5.38. The number of hydrazine groups is 1. The lowest BCUT2D eigenvalue weighted by Gasteiger charge is -2.08. The molecule has 0 saturated heterocycles. The summed E-state index contributed by atoms with van der Waals surface area (Å²) in [5.41, 5.74) is 4.19. The molecule has 2 saturated carbocycles. The van der Waals surface area contributed by atoms with Crippen LogP contribution in [0.1, 0.15) is 56.5 Å². The smallest absolute Gasteiger partial charge is 0.143 e. The first-order chi connectivity index (χ1) is 7.60. The summed E-state index contributed by atoms with van der Waals surface area (Å²) >= 11 is 0. The van der Waals surface area contributed by atoms with Crippen LogP contribution in [0, 0.1) is 5.41 Å². The lowest BCUT2D eigenvalue weighted by Crippen LogP contribution is -2.11. The maximum absolute atomic E-state index is 5.46. The zero-order valence-electron chi connectivity index (χ0n) is 9.83. The monoisotopic (exact) mass is 218 g/mol. The van der Waals surface area contributed by atoms with E-state index >= 15 is 0 Å². The number of nitrogens with two attached hydrogens (primary N) is 1. The number of rotatable bonds is 3. The van der Waals surface area contributed by atoms with Crippen molar-refractivity contribution in [3.8, 4) is 0 Å². The number of hydrogen-bond acceptors (Lipinski definition) is 4. The molecule has 0 bridgehead atoms. The second-order valence-electron chi connectivity index (χ2n) is 5.70. The van der Waals surface area contributed by atoms with Gasteiger partial charge in [0.1, 0.15) is 11.6 Å². The Balaban J connectivity index is 1.94. The SMILES string of the molecule is CC1(C)CC1c1nc(NN)cc(C2CC2)n1.